The molecule has 0 saturated carbocycles. The van der Waals surface area contributed by atoms with Crippen molar-refractivity contribution >= 4 is 19.8 Å². The third-order valence-electron chi connectivity index (χ3n) is 8.80. The fraction of sp³-hybridized carbons (Fsp3) is 0.767. The number of ether oxygens (including phenoxy) is 2. The SMILES string of the molecule is CCCCC/C=C\C[C@@H](O)/C=C/C=C\C/C=C\CCCC(=O)OC[C@H](COP(=O)(O)OCCN)OC(=O)CCCCCCCCCCCCCCCCC. The van der Waals surface area contributed by atoms with Crippen LogP contribution in [0.25, 0.3) is 0 Å². The molecule has 0 fully saturated rings. The summed E-state index contributed by atoms with van der Waals surface area (Å²) in [5.74, 6) is -0.931. The van der Waals surface area contributed by atoms with Gasteiger partial charge in [-0.1, -0.05) is 165 Å². The third kappa shape index (κ3) is 38.2. The number of phosphoric acid groups is 1. The zero-order valence-corrected chi connectivity index (χ0v) is 35.0. The minimum absolute atomic E-state index is 0.0367. The van der Waals surface area contributed by atoms with E-state index in [0.29, 0.717) is 25.7 Å². The highest BCUT2D eigenvalue weighted by Crippen LogP contribution is 2.43. The van der Waals surface area contributed by atoms with Crippen LogP contribution < -0.4 is 5.73 Å². The van der Waals surface area contributed by atoms with Crippen molar-refractivity contribution in [3.8, 4) is 0 Å². The van der Waals surface area contributed by atoms with Gasteiger partial charge >= 0.3 is 19.8 Å². The average molecular weight is 784 g/mol. The van der Waals surface area contributed by atoms with Gasteiger partial charge in [0.25, 0.3) is 0 Å². The van der Waals surface area contributed by atoms with Gasteiger partial charge in [-0.05, 0) is 44.9 Å². The summed E-state index contributed by atoms with van der Waals surface area (Å²) in [5.41, 5.74) is 5.33. The predicted octanol–water partition coefficient (Wildman–Crippen LogP) is 10.9. The molecule has 4 N–H and O–H groups in total. The molecule has 10 nitrogen and oxygen atoms in total. The van der Waals surface area contributed by atoms with Gasteiger partial charge in [0.15, 0.2) is 6.10 Å². The Kier molecular flexibility index (Phi) is 37.7. The minimum Gasteiger partial charge on any atom is -0.462 e. The second-order valence-electron chi connectivity index (χ2n) is 14.1. The summed E-state index contributed by atoms with van der Waals surface area (Å²) < 4.78 is 32.7. The predicted molar refractivity (Wildman–Crippen MR) is 221 cm³/mol. The van der Waals surface area contributed by atoms with Crippen molar-refractivity contribution < 1.29 is 42.7 Å². The van der Waals surface area contributed by atoms with E-state index in [1.54, 1.807) is 6.08 Å². The molecule has 3 atom stereocenters. The lowest BCUT2D eigenvalue weighted by Gasteiger charge is -2.19. The zero-order valence-electron chi connectivity index (χ0n) is 34.1. The molecule has 0 aromatic rings. The van der Waals surface area contributed by atoms with Crippen LogP contribution in [0.4, 0.5) is 0 Å². The number of unbranched alkanes of at least 4 members (excludes halogenated alkanes) is 18. The first kappa shape index (κ1) is 51.9. The van der Waals surface area contributed by atoms with E-state index >= 15 is 0 Å². The molecular formula is C43H78NO9P. The Hall–Kier alpha value is -2.07. The van der Waals surface area contributed by atoms with Crippen LogP contribution in [0.2, 0.25) is 0 Å². The summed E-state index contributed by atoms with van der Waals surface area (Å²) in [7, 11) is -4.40. The van der Waals surface area contributed by atoms with E-state index in [2.05, 4.69) is 19.9 Å². The van der Waals surface area contributed by atoms with E-state index in [-0.39, 0.29) is 32.6 Å². The van der Waals surface area contributed by atoms with E-state index < -0.39 is 38.6 Å². The Balaban J connectivity index is 4.32. The lowest BCUT2D eigenvalue weighted by molar-refractivity contribution is -0.161. The van der Waals surface area contributed by atoms with Crippen molar-refractivity contribution in [3.05, 3.63) is 48.6 Å². The molecule has 54 heavy (non-hydrogen) atoms. The van der Waals surface area contributed by atoms with Gasteiger partial charge < -0.3 is 25.2 Å². The van der Waals surface area contributed by atoms with Crippen molar-refractivity contribution in [2.45, 2.75) is 187 Å². The van der Waals surface area contributed by atoms with Crippen LogP contribution in [0.5, 0.6) is 0 Å². The number of rotatable bonds is 39. The van der Waals surface area contributed by atoms with Gasteiger partial charge in [0, 0.05) is 19.4 Å². The van der Waals surface area contributed by atoms with Crippen molar-refractivity contribution in [1.29, 1.82) is 0 Å². The van der Waals surface area contributed by atoms with Crippen LogP contribution in [0.1, 0.15) is 174 Å². The first-order valence-corrected chi connectivity index (χ1v) is 22.7. The molecule has 0 saturated heterocycles. The molecular weight excluding hydrogens is 705 g/mol. The number of carbonyl (C=O) groups is 2. The topological polar surface area (TPSA) is 155 Å². The van der Waals surface area contributed by atoms with E-state index in [1.807, 2.05) is 36.5 Å². The quantitative estimate of drug-likeness (QED) is 0.0180. The van der Waals surface area contributed by atoms with Gasteiger partial charge in [0.05, 0.1) is 19.3 Å². The van der Waals surface area contributed by atoms with Gasteiger partial charge in [0.1, 0.15) is 6.61 Å². The first-order valence-electron chi connectivity index (χ1n) is 21.2. The number of aliphatic hydroxyl groups excluding tert-OH is 1. The van der Waals surface area contributed by atoms with Crippen LogP contribution in [-0.2, 0) is 32.7 Å². The molecule has 314 valence electrons. The number of esters is 2. The average Bonchev–Trinajstić information content (AvgIpc) is 3.15. The van der Waals surface area contributed by atoms with Gasteiger partial charge in [-0.25, -0.2) is 4.57 Å². The number of phosphoric ester groups is 1. The molecule has 0 radical (unpaired) electrons. The van der Waals surface area contributed by atoms with Crippen molar-refractivity contribution in [1.82, 2.24) is 0 Å². The van der Waals surface area contributed by atoms with Crippen molar-refractivity contribution in [3.63, 3.8) is 0 Å². The largest absolute Gasteiger partial charge is 0.472 e. The maximum Gasteiger partial charge on any atom is 0.472 e. The lowest BCUT2D eigenvalue weighted by Crippen LogP contribution is -2.29. The maximum absolute atomic E-state index is 12.6. The maximum atomic E-state index is 12.6. The Labute approximate surface area is 329 Å². The van der Waals surface area contributed by atoms with Gasteiger partial charge in [0.2, 0.25) is 0 Å². The third-order valence-corrected chi connectivity index (χ3v) is 9.78. The van der Waals surface area contributed by atoms with Crippen LogP contribution in [0, 0.1) is 0 Å². The fourth-order valence-electron chi connectivity index (χ4n) is 5.59. The molecule has 0 amide bonds. The molecule has 1 unspecified atom stereocenters. The van der Waals surface area contributed by atoms with Crippen molar-refractivity contribution in [2.75, 3.05) is 26.4 Å². The fourth-order valence-corrected chi connectivity index (χ4v) is 6.36. The standard InChI is InChI=1S/C43H78NO9P/c1-3-5-7-9-11-12-13-14-15-16-17-18-23-27-31-35-43(47)53-41(39-52-54(48,49)51-37-36-44)38-50-42(46)34-30-26-22-20-19-21-25-29-33-40(45)32-28-24-10-8-6-4-2/h20-22,24-25,28-29,33,40-41,45H,3-19,23,26-27,30-32,34-39,44H2,1-2H3,(H,48,49)/b22-20-,25-21-,28-24-,33-29+/t40-,41-/m1/s1. The Morgan fingerprint density at radius 2 is 1.20 bits per heavy atom. The van der Waals surface area contributed by atoms with Crippen LogP contribution in [0.3, 0.4) is 0 Å². The normalized spacial score (nSPS) is 14.4. The number of carbonyl (C=O) groups excluding carboxylic acids is 2. The van der Waals surface area contributed by atoms with Crippen LogP contribution >= 0.6 is 7.82 Å². The van der Waals surface area contributed by atoms with E-state index in [4.69, 9.17) is 24.3 Å². The van der Waals surface area contributed by atoms with E-state index in [1.165, 1.54) is 89.9 Å². The molecule has 0 aromatic carbocycles. The molecule has 0 heterocycles. The summed E-state index contributed by atoms with van der Waals surface area (Å²) in [6.45, 7) is 3.55. The molecule has 0 rings (SSSR count). The zero-order chi connectivity index (χ0) is 39.8. The molecule has 0 aromatic heterocycles. The Morgan fingerprint density at radius 3 is 1.83 bits per heavy atom. The highest BCUT2D eigenvalue weighted by atomic mass is 31.2. The van der Waals surface area contributed by atoms with Gasteiger partial charge in [-0.2, -0.15) is 0 Å². The molecule has 0 aliphatic rings. The summed E-state index contributed by atoms with van der Waals surface area (Å²) >= 11 is 0. The molecule has 0 aliphatic heterocycles. The monoisotopic (exact) mass is 784 g/mol. The number of hydrogen-bond acceptors (Lipinski definition) is 9. The summed E-state index contributed by atoms with van der Waals surface area (Å²) in [5, 5.41) is 10.0. The summed E-state index contributed by atoms with van der Waals surface area (Å²) in [4.78, 5) is 34.8. The smallest absolute Gasteiger partial charge is 0.462 e. The van der Waals surface area contributed by atoms with Gasteiger partial charge in [-0.15, -0.1) is 0 Å². The molecule has 11 heteroatoms. The summed E-state index contributed by atoms with van der Waals surface area (Å²) in [6, 6.07) is 0. The van der Waals surface area contributed by atoms with Crippen LogP contribution in [-0.4, -0.2) is 60.5 Å². The second-order valence-corrected chi connectivity index (χ2v) is 15.5. The first-order chi connectivity index (χ1) is 26.2. The Bertz CT molecular complexity index is 1050. The number of hydrogen-bond donors (Lipinski definition) is 3. The highest BCUT2D eigenvalue weighted by Gasteiger charge is 2.26. The number of aliphatic hydroxyl groups is 1. The minimum atomic E-state index is -4.40. The second kappa shape index (κ2) is 39.2. The van der Waals surface area contributed by atoms with Crippen molar-refractivity contribution in [2.24, 2.45) is 5.73 Å². The van der Waals surface area contributed by atoms with Gasteiger partial charge in [-0.3, -0.25) is 18.6 Å². The van der Waals surface area contributed by atoms with E-state index in [0.717, 1.165) is 32.1 Å². The molecule has 0 aliphatic carbocycles. The molecule has 0 spiro atoms. The van der Waals surface area contributed by atoms with Crippen LogP contribution in [0.15, 0.2) is 48.6 Å². The molecule has 0 bridgehead atoms. The number of nitrogens with two attached hydrogens (primary N) is 1. The number of allylic oxidation sites excluding steroid dienone is 6. The highest BCUT2D eigenvalue weighted by molar-refractivity contribution is 7.47. The lowest BCUT2D eigenvalue weighted by atomic mass is 10.0. The van der Waals surface area contributed by atoms with E-state index in [9.17, 15) is 24.2 Å². The summed E-state index contributed by atoms with van der Waals surface area (Å²) in [6.07, 6.45) is 40.3. The Morgan fingerprint density at radius 1 is 0.648 bits per heavy atom.